The van der Waals surface area contributed by atoms with Crippen LogP contribution in [0.2, 0.25) is 0 Å². The summed E-state index contributed by atoms with van der Waals surface area (Å²) >= 11 is 0. The third-order valence-corrected chi connectivity index (χ3v) is 3.84. The van der Waals surface area contributed by atoms with Crippen LogP contribution < -0.4 is 11.1 Å². The average Bonchev–Trinajstić information content (AvgIpc) is 2.44. The number of aliphatic imine (C=N–C) groups is 1. The molecule has 1 heterocycles. The molecule has 1 unspecified atom stereocenters. The largest absolute Gasteiger partial charge is 0.401 e. The van der Waals surface area contributed by atoms with Gasteiger partial charge in [0.15, 0.2) is 5.96 Å². The zero-order chi connectivity index (χ0) is 18.2. The lowest BCUT2D eigenvalue weighted by molar-refractivity contribution is -0.142. The summed E-state index contributed by atoms with van der Waals surface area (Å²) in [7, 11) is 1.43. The third-order valence-electron chi connectivity index (χ3n) is 3.84. The van der Waals surface area contributed by atoms with Crippen LogP contribution in [0, 0.1) is 5.92 Å². The first-order valence-corrected chi connectivity index (χ1v) is 8.28. The molecule has 1 aliphatic heterocycles. The Kier molecular flexibility index (Phi) is 8.30. The lowest BCUT2D eigenvalue weighted by Crippen LogP contribution is -2.47. The molecule has 0 spiro atoms. The molecule has 6 nitrogen and oxygen atoms in total. The molecule has 0 aromatic carbocycles. The summed E-state index contributed by atoms with van der Waals surface area (Å²) in [5.74, 6) is 0.581. The smallest absolute Gasteiger partial charge is 0.370 e. The molecule has 1 rings (SSSR count). The molecule has 1 atom stereocenters. The molecule has 1 fully saturated rings. The van der Waals surface area contributed by atoms with E-state index in [0.29, 0.717) is 25.5 Å². The Bertz CT molecular complexity index is 428. The minimum Gasteiger partial charge on any atom is -0.370 e. The van der Waals surface area contributed by atoms with Crippen LogP contribution in [0.25, 0.3) is 0 Å². The van der Waals surface area contributed by atoms with Gasteiger partial charge in [-0.1, -0.05) is 0 Å². The molecule has 1 amide bonds. The number of amides is 1. The van der Waals surface area contributed by atoms with Crippen molar-refractivity contribution in [2.24, 2.45) is 16.6 Å². The van der Waals surface area contributed by atoms with Gasteiger partial charge < -0.3 is 16.0 Å². The van der Waals surface area contributed by atoms with Crippen molar-refractivity contribution in [2.75, 3.05) is 46.3 Å². The van der Waals surface area contributed by atoms with Crippen LogP contribution in [0.15, 0.2) is 4.99 Å². The lowest BCUT2D eigenvalue weighted by Gasteiger charge is -2.34. The number of carbonyl (C=O) groups excluding carboxylic acids is 1. The van der Waals surface area contributed by atoms with Crippen molar-refractivity contribution in [3.8, 4) is 0 Å². The first kappa shape index (κ1) is 20.5. The second kappa shape index (κ2) is 9.71. The van der Waals surface area contributed by atoms with Crippen molar-refractivity contribution < 1.29 is 18.0 Å². The Morgan fingerprint density at radius 2 is 2.17 bits per heavy atom. The number of halogens is 3. The van der Waals surface area contributed by atoms with E-state index in [1.54, 1.807) is 0 Å². The predicted octanol–water partition coefficient (Wildman–Crippen LogP) is 1.03. The van der Waals surface area contributed by atoms with Gasteiger partial charge in [-0.2, -0.15) is 13.2 Å². The van der Waals surface area contributed by atoms with Gasteiger partial charge in [0.1, 0.15) is 0 Å². The van der Waals surface area contributed by atoms with Gasteiger partial charge in [0.05, 0.1) is 13.1 Å². The fraction of sp³-hybridized carbons (Fsp3) is 0.867. The van der Waals surface area contributed by atoms with Crippen molar-refractivity contribution in [2.45, 2.75) is 32.4 Å². The third kappa shape index (κ3) is 8.37. The second-order valence-corrected chi connectivity index (χ2v) is 6.21. The highest BCUT2D eigenvalue weighted by atomic mass is 19.4. The van der Waals surface area contributed by atoms with Crippen LogP contribution in [-0.2, 0) is 4.79 Å². The van der Waals surface area contributed by atoms with Gasteiger partial charge in [-0.25, -0.2) is 0 Å². The Balaban J connectivity index is 2.56. The predicted molar refractivity (Wildman–Crippen MR) is 87.6 cm³/mol. The van der Waals surface area contributed by atoms with Gasteiger partial charge in [-0.3, -0.25) is 14.7 Å². The first-order chi connectivity index (χ1) is 11.2. The minimum atomic E-state index is -4.20. The number of likely N-dealkylation sites (N-methyl/N-ethyl adjacent to an activating group) is 1. The van der Waals surface area contributed by atoms with Crippen LogP contribution in [0.5, 0.6) is 0 Å². The number of nitrogens with zero attached hydrogens (tertiary/aromatic N) is 3. The van der Waals surface area contributed by atoms with Gasteiger partial charge in [-0.05, 0) is 32.7 Å². The molecule has 9 heteroatoms. The highest BCUT2D eigenvalue weighted by molar-refractivity contribution is 5.80. The summed E-state index contributed by atoms with van der Waals surface area (Å²) in [4.78, 5) is 18.8. The van der Waals surface area contributed by atoms with Crippen LogP contribution in [0.3, 0.4) is 0 Å². The summed E-state index contributed by atoms with van der Waals surface area (Å²) in [5, 5.41) is 3.17. The fourth-order valence-electron chi connectivity index (χ4n) is 2.85. The number of piperidine rings is 1. The van der Waals surface area contributed by atoms with Crippen LogP contribution >= 0.6 is 0 Å². The van der Waals surface area contributed by atoms with Crippen molar-refractivity contribution in [3.63, 3.8) is 0 Å². The van der Waals surface area contributed by atoms with Crippen LogP contribution in [-0.4, -0.2) is 74.2 Å². The van der Waals surface area contributed by atoms with E-state index in [4.69, 9.17) is 5.73 Å². The van der Waals surface area contributed by atoms with E-state index in [2.05, 4.69) is 15.2 Å². The van der Waals surface area contributed by atoms with Crippen molar-refractivity contribution in [1.29, 1.82) is 0 Å². The first-order valence-electron chi connectivity index (χ1n) is 8.28. The standard InChI is InChI=1S/C15H28F3N5O/c1-3-20-14(21-6-8-22(2)11-15(16,17)18)23-7-4-5-12(10-23)9-13(19)24/h12H,3-11H2,1-2H3,(H2,19,24)(H,20,21). The number of nitrogens with one attached hydrogen (secondary N) is 1. The van der Waals surface area contributed by atoms with E-state index in [1.807, 2.05) is 6.92 Å². The number of hydrogen-bond donors (Lipinski definition) is 2. The topological polar surface area (TPSA) is 74.0 Å². The van der Waals surface area contributed by atoms with Gasteiger partial charge in [0, 0.05) is 32.6 Å². The zero-order valence-corrected chi connectivity index (χ0v) is 14.4. The molecule has 0 radical (unpaired) electrons. The summed E-state index contributed by atoms with van der Waals surface area (Å²) in [5.41, 5.74) is 5.27. The average molecular weight is 351 g/mol. The summed E-state index contributed by atoms with van der Waals surface area (Å²) in [6.45, 7) is 3.69. The highest BCUT2D eigenvalue weighted by Gasteiger charge is 2.29. The number of alkyl halides is 3. The number of primary amides is 1. The molecule has 0 aliphatic carbocycles. The van der Waals surface area contributed by atoms with E-state index in [9.17, 15) is 18.0 Å². The summed E-state index contributed by atoms with van der Waals surface area (Å²) in [6.07, 6.45) is -1.95. The van der Waals surface area contributed by atoms with E-state index in [0.717, 1.165) is 19.4 Å². The Morgan fingerprint density at radius 1 is 1.46 bits per heavy atom. The van der Waals surface area contributed by atoms with Crippen LogP contribution in [0.1, 0.15) is 26.2 Å². The highest BCUT2D eigenvalue weighted by Crippen LogP contribution is 2.19. The second-order valence-electron chi connectivity index (χ2n) is 6.21. The van der Waals surface area contributed by atoms with Crippen molar-refractivity contribution >= 4 is 11.9 Å². The Morgan fingerprint density at radius 3 is 2.75 bits per heavy atom. The lowest BCUT2D eigenvalue weighted by atomic mass is 9.95. The quantitative estimate of drug-likeness (QED) is 0.531. The van der Waals surface area contributed by atoms with Crippen molar-refractivity contribution in [1.82, 2.24) is 15.1 Å². The van der Waals surface area contributed by atoms with Gasteiger partial charge in [-0.15, -0.1) is 0 Å². The number of guanidine groups is 1. The van der Waals surface area contributed by atoms with Crippen molar-refractivity contribution in [3.05, 3.63) is 0 Å². The maximum atomic E-state index is 12.3. The molecule has 0 aromatic rings. The molecule has 1 saturated heterocycles. The monoisotopic (exact) mass is 351 g/mol. The molecule has 3 N–H and O–H groups in total. The van der Waals surface area contributed by atoms with E-state index in [1.165, 1.54) is 11.9 Å². The van der Waals surface area contributed by atoms with Crippen LogP contribution in [0.4, 0.5) is 13.2 Å². The number of rotatable bonds is 7. The number of carbonyl (C=O) groups is 1. The van der Waals surface area contributed by atoms with E-state index < -0.39 is 12.7 Å². The number of nitrogens with two attached hydrogens (primary N) is 1. The SMILES string of the molecule is CCNC(=NCCN(C)CC(F)(F)F)N1CCCC(CC(N)=O)C1. The molecule has 0 aromatic heterocycles. The minimum absolute atomic E-state index is 0.202. The summed E-state index contributed by atoms with van der Waals surface area (Å²) < 4.78 is 36.9. The fourth-order valence-corrected chi connectivity index (χ4v) is 2.85. The van der Waals surface area contributed by atoms with Gasteiger partial charge >= 0.3 is 6.18 Å². The molecule has 140 valence electrons. The normalized spacial score (nSPS) is 19.7. The molecular weight excluding hydrogens is 323 g/mol. The number of hydrogen-bond acceptors (Lipinski definition) is 3. The molecule has 0 saturated carbocycles. The number of likely N-dealkylation sites (tertiary alicyclic amines) is 1. The van der Waals surface area contributed by atoms with Gasteiger partial charge in [0.25, 0.3) is 0 Å². The maximum absolute atomic E-state index is 12.3. The summed E-state index contributed by atoms with van der Waals surface area (Å²) in [6, 6.07) is 0. The van der Waals surface area contributed by atoms with E-state index in [-0.39, 0.29) is 24.9 Å². The zero-order valence-electron chi connectivity index (χ0n) is 14.4. The van der Waals surface area contributed by atoms with Gasteiger partial charge in [0.2, 0.25) is 5.91 Å². The molecule has 0 bridgehead atoms. The Hall–Kier alpha value is -1.51. The molecule has 24 heavy (non-hydrogen) atoms. The maximum Gasteiger partial charge on any atom is 0.401 e. The molecular formula is C15H28F3N5O. The van der Waals surface area contributed by atoms with E-state index >= 15 is 0 Å². The Labute approximate surface area is 141 Å². The molecule has 1 aliphatic rings.